The number of nitrogens with zero attached hydrogens (tertiary/aromatic N) is 2. The lowest BCUT2D eigenvalue weighted by atomic mass is 10.1. The zero-order valence-electron chi connectivity index (χ0n) is 15.9. The van der Waals surface area contributed by atoms with Gasteiger partial charge in [-0.05, 0) is 24.3 Å². The predicted octanol–water partition coefficient (Wildman–Crippen LogP) is 1.92. The molecule has 0 N–H and O–H groups in total. The predicted molar refractivity (Wildman–Crippen MR) is 105 cm³/mol. The van der Waals surface area contributed by atoms with Crippen LogP contribution in [0.15, 0.2) is 59.5 Å². The molecule has 0 aromatic heterocycles. The summed E-state index contributed by atoms with van der Waals surface area (Å²) in [6.07, 6.45) is -0.807. The fraction of sp³-hybridized carbons (Fsp3) is 0.350. The van der Waals surface area contributed by atoms with E-state index in [1.807, 2.05) is 30.3 Å². The zero-order valence-corrected chi connectivity index (χ0v) is 16.8. The molecule has 1 fully saturated rings. The van der Waals surface area contributed by atoms with E-state index in [0.717, 1.165) is 5.56 Å². The third-order valence-corrected chi connectivity index (χ3v) is 6.37. The molecule has 150 valence electrons. The molecule has 2 aromatic carbocycles. The van der Waals surface area contributed by atoms with Gasteiger partial charge in [0.15, 0.2) is 0 Å². The normalized spacial score (nSPS) is 16.4. The molecule has 1 aliphatic rings. The van der Waals surface area contributed by atoms with Crippen molar-refractivity contribution in [2.24, 2.45) is 0 Å². The summed E-state index contributed by atoms with van der Waals surface area (Å²) in [6, 6.07) is 15.3. The van der Waals surface area contributed by atoms with Crippen molar-refractivity contribution in [1.82, 2.24) is 9.21 Å². The Kier molecular flexibility index (Phi) is 6.33. The van der Waals surface area contributed by atoms with Crippen LogP contribution in [0.25, 0.3) is 0 Å². The maximum absolute atomic E-state index is 12.7. The molecule has 1 aliphatic heterocycles. The summed E-state index contributed by atoms with van der Waals surface area (Å²) in [5.74, 6) is 0.223. The van der Waals surface area contributed by atoms with Gasteiger partial charge in [0.2, 0.25) is 16.1 Å². The first kappa shape index (κ1) is 20.3. The number of amides is 1. The van der Waals surface area contributed by atoms with Gasteiger partial charge in [-0.15, -0.1) is 0 Å². The van der Waals surface area contributed by atoms with Crippen LogP contribution in [-0.2, 0) is 19.6 Å². The molecule has 7 nitrogen and oxygen atoms in total. The SMILES string of the molecule is CN(C)C(=O)[C@H](Oc1ccc(S(=O)(=O)N2CCOCC2)cc1)c1ccccc1. The summed E-state index contributed by atoms with van der Waals surface area (Å²) >= 11 is 0. The van der Waals surface area contributed by atoms with Gasteiger partial charge in [0.1, 0.15) is 5.75 Å². The van der Waals surface area contributed by atoms with Crippen LogP contribution >= 0.6 is 0 Å². The zero-order chi connectivity index (χ0) is 20.1. The third-order valence-electron chi connectivity index (χ3n) is 4.45. The van der Waals surface area contributed by atoms with Crippen molar-refractivity contribution in [3.05, 3.63) is 60.2 Å². The van der Waals surface area contributed by atoms with E-state index in [2.05, 4.69) is 0 Å². The second-order valence-electron chi connectivity index (χ2n) is 6.63. The molecular weight excluding hydrogens is 380 g/mol. The van der Waals surface area contributed by atoms with E-state index >= 15 is 0 Å². The number of sulfonamides is 1. The van der Waals surface area contributed by atoms with Crippen LogP contribution in [0.4, 0.5) is 0 Å². The Morgan fingerprint density at radius 1 is 1.04 bits per heavy atom. The van der Waals surface area contributed by atoms with Crippen LogP contribution < -0.4 is 4.74 Å². The number of carbonyl (C=O) groups is 1. The lowest BCUT2D eigenvalue weighted by Crippen LogP contribution is -2.40. The molecule has 0 aliphatic carbocycles. The Morgan fingerprint density at radius 2 is 1.64 bits per heavy atom. The van der Waals surface area contributed by atoms with Gasteiger partial charge in [-0.2, -0.15) is 4.31 Å². The molecule has 1 amide bonds. The summed E-state index contributed by atoms with van der Waals surface area (Å²) < 4.78 is 38.0. The Morgan fingerprint density at radius 3 is 2.21 bits per heavy atom. The molecule has 0 radical (unpaired) electrons. The van der Waals surface area contributed by atoms with E-state index in [-0.39, 0.29) is 10.8 Å². The van der Waals surface area contributed by atoms with E-state index in [1.165, 1.54) is 21.3 Å². The van der Waals surface area contributed by atoms with Crippen LogP contribution in [0, 0.1) is 0 Å². The van der Waals surface area contributed by atoms with Crippen molar-refractivity contribution >= 4 is 15.9 Å². The molecule has 28 heavy (non-hydrogen) atoms. The van der Waals surface area contributed by atoms with Gasteiger partial charge in [0.05, 0.1) is 18.1 Å². The fourth-order valence-electron chi connectivity index (χ4n) is 2.89. The first-order chi connectivity index (χ1) is 13.4. The number of benzene rings is 2. The lowest BCUT2D eigenvalue weighted by molar-refractivity contribution is -0.136. The Labute approximate surface area is 165 Å². The molecule has 2 aromatic rings. The molecule has 0 spiro atoms. The van der Waals surface area contributed by atoms with Crippen LogP contribution in [0.2, 0.25) is 0 Å². The number of rotatable bonds is 6. The van der Waals surface area contributed by atoms with Crippen molar-refractivity contribution in [1.29, 1.82) is 0 Å². The number of likely N-dealkylation sites (N-methyl/N-ethyl adjacent to an activating group) is 1. The van der Waals surface area contributed by atoms with Gasteiger partial charge >= 0.3 is 0 Å². The quantitative estimate of drug-likeness (QED) is 0.735. The maximum Gasteiger partial charge on any atom is 0.267 e. The first-order valence-electron chi connectivity index (χ1n) is 9.00. The molecule has 0 unspecified atom stereocenters. The molecule has 1 atom stereocenters. The number of hydrogen-bond donors (Lipinski definition) is 0. The van der Waals surface area contributed by atoms with Crippen molar-refractivity contribution in [2.45, 2.75) is 11.0 Å². The van der Waals surface area contributed by atoms with Crippen molar-refractivity contribution in [2.75, 3.05) is 40.4 Å². The molecule has 8 heteroatoms. The smallest absolute Gasteiger partial charge is 0.267 e. The maximum atomic E-state index is 12.7. The minimum atomic E-state index is -3.57. The van der Waals surface area contributed by atoms with Gasteiger partial charge in [0.25, 0.3) is 5.91 Å². The average Bonchev–Trinajstić information content (AvgIpc) is 2.73. The number of carbonyl (C=O) groups excluding carboxylic acids is 1. The standard InChI is InChI=1S/C20H24N2O5S/c1-21(2)20(23)19(16-6-4-3-5-7-16)27-17-8-10-18(11-9-17)28(24,25)22-12-14-26-15-13-22/h3-11,19H,12-15H2,1-2H3/t19-/m1/s1. The van der Waals surface area contributed by atoms with Crippen LogP contribution in [0.3, 0.4) is 0 Å². The van der Waals surface area contributed by atoms with Crippen molar-refractivity contribution in [3.8, 4) is 5.75 Å². The van der Waals surface area contributed by atoms with Crippen molar-refractivity contribution < 1.29 is 22.7 Å². The van der Waals surface area contributed by atoms with Crippen LogP contribution in [0.5, 0.6) is 5.75 Å². The monoisotopic (exact) mass is 404 g/mol. The highest BCUT2D eigenvalue weighted by Crippen LogP contribution is 2.26. The average molecular weight is 404 g/mol. The summed E-state index contributed by atoms with van der Waals surface area (Å²) in [7, 11) is -0.234. The van der Waals surface area contributed by atoms with E-state index in [1.54, 1.807) is 26.2 Å². The molecule has 1 heterocycles. The summed E-state index contributed by atoms with van der Waals surface area (Å²) in [5.41, 5.74) is 0.728. The topological polar surface area (TPSA) is 76.2 Å². The molecule has 3 rings (SSSR count). The number of morpholine rings is 1. The molecular formula is C20H24N2O5S. The van der Waals surface area contributed by atoms with Gasteiger partial charge in [-0.1, -0.05) is 30.3 Å². The van der Waals surface area contributed by atoms with E-state index < -0.39 is 16.1 Å². The van der Waals surface area contributed by atoms with Gasteiger partial charge < -0.3 is 14.4 Å². The largest absolute Gasteiger partial charge is 0.476 e. The van der Waals surface area contributed by atoms with E-state index in [0.29, 0.717) is 32.1 Å². The summed E-state index contributed by atoms with van der Waals surface area (Å²) in [6.45, 7) is 1.47. The fourth-order valence-corrected chi connectivity index (χ4v) is 4.29. The first-order valence-corrected chi connectivity index (χ1v) is 10.4. The Balaban J connectivity index is 1.80. The van der Waals surface area contributed by atoms with Gasteiger partial charge in [0, 0.05) is 32.7 Å². The second kappa shape index (κ2) is 8.72. The molecule has 1 saturated heterocycles. The van der Waals surface area contributed by atoms with E-state index in [4.69, 9.17) is 9.47 Å². The number of ether oxygens (including phenoxy) is 2. The highest BCUT2D eigenvalue weighted by molar-refractivity contribution is 7.89. The summed E-state index contributed by atoms with van der Waals surface area (Å²) in [4.78, 5) is 14.2. The minimum absolute atomic E-state index is 0.192. The van der Waals surface area contributed by atoms with Gasteiger partial charge in [-0.3, -0.25) is 4.79 Å². The van der Waals surface area contributed by atoms with Crippen LogP contribution in [-0.4, -0.2) is 63.9 Å². The lowest BCUT2D eigenvalue weighted by Gasteiger charge is -2.26. The van der Waals surface area contributed by atoms with E-state index in [9.17, 15) is 13.2 Å². The number of hydrogen-bond acceptors (Lipinski definition) is 5. The highest BCUT2D eigenvalue weighted by Gasteiger charge is 2.27. The second-order valence-corrected chi connectivity index (χ2v) is 8.57. The van der Waals surface area contributed by atoms with Crippen LogP contribution in [0.1, 0.15) is 11.7 Å². The minimum Gasteiger partial charge on any atom is -0.476 e. The Hall–Kier alpha value is -2.42. The summed E-state index contributed by atoms with van der Waals surface area (Å²) in [5, 5.41) is 0. The van der Waals surface area contributed by atoms with Gasteiger partial charge in [-0.25, -0.2) is 8.42 Å². The Bertz CT molecular complexity index is 892. The molecule has 0 saturated carbocycles. The van der Waals surface area contributed by atoms with Crippen molar-refractivity contribution in [3.63, 3.8) is 0 Å². The molecule has 0 bridgehead atoms. The third kappa shape index (κ3) is 4.52. The highest BCUT2D eigenvalue weighted by atomic mass is 32.2.